The van der Waals surface area contributed by atoms with Gasteiger partial charge in [0.2, 0.25) is 6.79 Å². The molecule has 3 heterocycles. The lowest BCUT2D eigenvalue weighted by atomic mass is 10.2. The first-order valence-electron chi connectivity index (χ1n) is 7.55. The Morgan fingerprint density at radius 1 is 1.24 bits per heavy atom. The van der Waals surface area contributed by atoms with Gasteiger partial charge < -0.3 is 20.5 Å². The summed E-state index contributed by atoms with van der Waals surface area (Å²) in [5.74, 6) is 1.12. The second kappa shape index (κ2) is 6.40. The highest BCUT2D eigenvalue weighted by molar-refractivity contribution is 7.09. The summed E-state index contributed by atoms with van der Waals surface area (Å²) in [7, 11) is 0. The molecule has 0 bridgehead atoms. The average molecular weight is 354 g/mol. The topological polar surface area (TPSA) is 99.4 Å². The van der Waals surface area contributed by atoms with Gasteiger partial charge in [-0.05, 0) is 41.4 Å². The van der Waals surface area contributed by atoms with Crippen molar-refractivity contribution < 1.29 is 14.3 Å². The summed E-state index contributed by atoms with van der Waals surface area (Å²) in [4.78, 5) is 17.0. The van der Waals surface area contributed by atoms with Crippen molar-refractivity contribution in [1.29, 1.82) is 0 Å². The normalized spacial score (nSPS) is 12.2. The van der Waals surface area contributed by atoms with E-state index in [1.807, 2.05) is 30.3 Å². The number of fused-ring (bicyclic) bond motifs is 1. The number of amides is 1. The number of hydrogen-bond donors (Lipinski definition) is 2. The summed E-state index contributed by atoms with van der Waals surface area (Å²) in [5.41, 5.74) is 8.51. The third kappa shape index (κ3) is 2.99. The molecular weight excluding hydrogens is 340 g/mol. The van der Waals surface area contributed by atoms with E-state index in [1.54, 1.807) is 12.3 Å². The second-order valence-electron chi connectivity index (χ2n) is 5.36. The van der Waals surface area contributed by atoms with Crippen LogP contribution in [-0.4, -0.2) is 22.1 Å². The summed E-state index contributed by atoms with van der Waals surface area (Å²) in [5, 5.41) is 2.85. The van der Waals surface area contributed by atoms with Crippen molar-refractivity contribution in [1.82, 2.24) is 14.7 Å². The standard InChI is InChI=1S/C17H14N4O3S/c18-14-15(11-3-1-2-6-19-11)21-25-16(14)17(22)20-8-10-4-5-12-13(7-10)24-9-23-12/h1-7H,8-9,18H2,(H,20,22). The van der Waals surface area contributed by atoms with Gasteiger partial charge in [-0.1, -0.05) is 12.1 Å². The van der Waals surface area contributed by atoms with Crippen molar-refractivity contribution in [2.45, 2.75) is 6.54 Å². The number of carbonyl (C=O) groups excluding carboxylic acids is 1. The maximum absolute atomic E-state index is 12.4. The molecule has 1 aliphatic rings. The maximum Gasteiger partial charge on any atom is 0.265 e. The first-order chi connectivity index (χ1) is 12.2. The summed E-state index contributed by atoms with van der Waals surface area (Å²) in [6, 6.07) is 11.0. The summed E-state index contributed by atoms with van der Waals surface area (Å²) in [6.45, 7) is 0.574. The smallest absolute Gasteiger partial charge is 0.265 e. The zero-order valence-corrected chi connectivity index (χ0v) is 13.9. The molecule has 0 saturated heterocycles. The number of nitrogens with two attached hydrogens (primary N) is 1. The van der Waals surface area contributed by atoms with Crippen LogP contribution in [0, 0.1) is 0 Å². The van der Waals surface area contributed by atoms with Crippen LogP contribution >= 0.6 is 11.5 Å². The molecule has 1 aliphatic heterocycles. The number of hydrogen-bond acceptors (Lipinski definition) is 7. The molecule has 0 aliphatic carbocycles. The molecule has 3 N–H and O–H groups in total. The fraction of sp³-hybridized carbons (Fsp3) is 0.118. The number of nitrogens with one attached hydrogen (secondary N) is 1. The summed E-state index contributed by atoms with van der Waals surface area (Å²) in [6.07, 6.45) is 1.66. The molecule has 8 heteroatoms. The van der Waals surface area contributed by atoms with Crippen LogP contribution in [-0.2, 0) is 6.54 Å². The summed E-state index contributed by atoms with van der Waals surface area (Å²) < 4.78 is 14.9. The lowest BCUT2D eigenvalue weighted by Gasteiger charge is -2.05. The van der Waals surface area contributed by atoms with Crippen molar-refractivity contribution in [3.63, 3.8) is 0 Å². The second-order valence-corrected chi connectivity index (χ2v) is 6.13. The Labute approximate surface area is 147 Å². The number of carbonyl (C=O) groups is 1. The van der Waals surface area contributed by atoms with Crippen LogP contribution in [0.3, 0.4) is 0 Å². The molecule has 0 fully saturated rings. The van der Waals surface area contributed by atoms with Crippen LogP contribution in [0.4, 0.5) is 5.69 Å². The van der Waals surface area contributed by atoms with Crippen molar-refractivity contribution in [3.05, 3.63) is 53.0 Å². The molecule has 4 rings (SSSR count). The molecule has 126 valence electrons. The Morgan fingerprint density at radius 3 is 2.96 bits per heavy atom. The van der Waals surface area contributed by atoms with Gasteiger partial charge in [0.05, 0.1) is 11.4 Å². The van der Waals surface area contributed by atoms with E-state index in [4.69, 9.17) is 15.2 Å². The van der Waals surface area contributed by atoms with E-state index in [-0.39, 0.29) is 12.7 Å². The minimum absolute atomic E-state index is 0.221. The Balaban J connectivity index is 1.48. The minimum Gasteiger partial charge on any atom is -0.454 e. The van der Waals surface area contributed by atoms with Gasteiger partial charge in [0.15, 0.2) is 11.5 Å². The number of aromatic nitrogens is 2. The van der Waals surface area contributed by atoms with E-state index < -0.39 is 0 Å². The quantitative estimate of drug-likeness (QED) is 0.746. The highest BCUT2D eigenvalue weighted by Gasteiger charge is 2.19. The van der Waals surface area contributed by atoms with Crippen LogP contribution in [0.25, 0.3) is 11.4 Å². The van der Waals surface area contributed by atoms with Crippen LogP contribution in [0.15, 0.2) is 42.6 Å². The van der Waals surface area contributed by atoms with E-state index in [0.717, 1.165) is 17.1 Å². The van der Waals surface area contributed by atoms with Crippen LogP contribution in [0.2, 0.25) is 0 Å². The van der Waals surface area contributed by atoms with Gasteiger partial charge in [-0.15, -0.1) is 0 Å². The van der Waals surface area contributed by atoms with Crippen LogP contribution in [0.1, 0.15) is 15.2 Å². The monoisotopic (exact) mass is 354 g/mol. The zero-order chi connectivity index (χ0) is 17.2. The van der Waals surface area contributed by atoms with Crippen molar-refractivity contribution >= 4 is 23.1 Å². The summed E-state index contributed by atoms with van der Waals surface area (Å²) >= 11 is 1.06. The number of nitrogens with zero attached hydrogens (tertiary/aromatic N) is 2. The molecule has 7 nitrogen and oxygen atoms in total. The van der Waals surface area contributed by atoms with Gasteiger partial charge in [0.25, 0.3) is 5.91 Å². The van der Waals surface area contributed by atoms with Crippen LogP contribution < -0.4 is 20.5 Å². The average Bonchev–Trinajstić information content (AvgIpc) is 3.26. The lowest BCUT2D eigenvalue weighted by molar-refractivity contribution is 0.0955. The van der Waals surface area contributed by atoms with Crippen molar-refractivity contribution in [2.24, 2.45) is 0 Å². The molecule has 0 atom stereocenters. The predicted octanol–water partition coefficient (Wildman–Crippen LogP) is 2.45. The Hall–Kier alpha value is -3.13. The van der Waals surface area contributed by atoms with Gasteiger partial charge in [-0.2, -0.15) is 4.37 Å². The number of anilines is 1. The van der Waals surface area contributed by atoms with Gasteiger partial charge in [0, 0.05) is 12.7 Å². The molecule has 0 saturated carbocycles. The number of pyridine rings is 1. The molecule has 1 aromatic carbocycles. The first kappa shape index (κ1) is 15.4. The van der Waals surface area contributed by atoms with Gasteiger partial charge in [0.1, 0.15) is 10.6 Å². The SMILES string of the molecule is Nc1c(-c2ccccn2)nsc1C(=O)NCc1ccc2c(c1)OCO2. The Morgan fingerprint density at radius 2 is 2.12 bits per heavy atom. The first-order valence-corrected chi connectivity index (χ1v) is 8.33. The molecule has 0 unspecified atom stereocenters. The highest BCUT2D eigenvalue weighted by Crippen LogP contribution is 2.33. The third-order valence-corrected chi connectivity index (χ3v) is 4.59. The molecule has 2 aromatic heterocycles. The zero-order valence-electron chi connectivity index (χ0n) is 13.1. The van der Waals surface area contributed by atoms with E-state index in [9.17, 15) is 4.79 Å². The van der Waals surface area contributed by atoms with Crippen molar-refractivity contribution in [3.8, 4) is 22.9 Å². The molecule has 25 heavy (non-hydrogen) atoms. The van der Waals surface area contributed by atoms with Gasteiger partial charge >= 0.3 is 0 Å². The Bertz CT molecular complexity index is 927. The van der Waals surface area contributed by atoms with Crippen molar-refractivity contribution in [2.75, 3.05) is 12.5 Å². The fourth-order valence-corrected chi connectivity index (χ4v) is 3.19. The predicted molar refractivity (Wildman–Crippen MR) is 93.5 cm³/mol. The van der Waals surface area contributed by atoms with Crippen LogP contribution in [0.5, 0.6) is 11.5 Å². The Kier molecular flexibility index (Phi) is 3.95. The van der Waals surface area contributed by atoms with E-state index >= 15 is 0 Å². The number of ether oxygens (including phenoxy) is 2. The lowest BCUT2D eigenvalue weighted by Crippen LogP contribution is -2.22. The number of nitrogen functional groups attached to an aromatic ring is 1. The van der Waals surface area contributed by atoms with Gasteiger partial charge in [-0.3, -0.25) is 9.78 Å². The number of benzene rings is 1. The molecule has 1 amide bonds. The van der Waals surface area contributed by atoms with Gasteiger partial charge in [-0.25, -0.2) is 0 Å². The maximum atomic E-state index is 12.4. The van der Waals surface area contributed by atoms with E-state index in [0.29, 0.717) is 40.0 Å². The fourth-order valence-electron chi connectivity index (χ4n) is 2.46. The molecule has 0 radical (unpaired) electrons. The molecule has 0 spiro atoms. The minimum atomic E-state index is -0.269. The largest absolute Gasteiger partial charge is 0.454 e. The highest BCUT2D eigenvalue weighted by atomic mass is 32.1. The number of rotatable bonds is 4. The molecule has 3 aromatic rings. The third-order valence-electron chi connectivity index (χ3n) is 3.73. The van der Waals surface area contributed by atoms with E-state index in [2.05, 4.69) is 14.7 Å². The van der Waals surface area contributed by atoms with E-state index in [1.165, 1.54) is 0 Å². The molecular formula is C17H14N4O3S.